The molecule has 1 rings (SSSR count). The van der Waals surface area contributed by atoms with Crippen molar-refractivity contribution in [2.75, 3.05) is 6.61 Å². The minimum Gasteiger partial charge on any atom is -0.364 e. The number of primary amides is 1. The van der Waals surface area contributed by atoms with Crippen LogP contribution in [-0.2, 0) is 10.3 Å². The SMILES string of the molecule is CC(=NNC(N)=O)C(C)(OCC(C)C)c1ccccc1. The Kier molecular flexibility index (Phi) is 5.70. The van der Waals surface area contributed by atoms with Crippen LogP contribution >= 0.6 is 0 Å². The van der Waals surface area contributed by atoms with Crippen molar-refractivity contribution >= 4 is 11.7 Å². The van der Waals surface area contributed by atoms with E-state index in [2.05, 4.69) is 24.4 Å². The summed E-state index contributed by atoms with van der Waals surface area (Å²) in [5.74, 6) is 0.398. The summed E-state index contributed by atoms with van der Waals surface area (Å²) in [4.78, 5) is 10.8. The molecule has 1 unspecified atom stereocenters. The fraction of sp³-hybridized carbons (Fsp3) is 0.467. The Morgan fingerprint density at radius 3 is 2.50 bits per heavy atom. The second-order valence-electron chi connectivity index (χ2n) is 5.28. The molecule has 1 aromatic rings. The maximum atomic E-state index is 10.8. The third kappa shape index (κ3) is 4.35. The number of hydrazone groups is 1. The summed E-state index contributed by atoms with van der Waals surface area (Å²) in [6.45, 7) is 8.50. The number of amides is 2. The quantitative estimate of drug-likeness (QED) is 0.619. The minimum absolute atomic E-state index is 0.398. The van der Waals surface area contributed by atoms with E-state index in [-0.39, 0.29) is 0 Å². The van der Waals surface area contributed by atoms with Gasteiger partial charge in [-0.2, -0.15) is 5.10 Å². The number of carbonyl (C=O) groups is 1. The van der Waals surface area contributed by atoms with Crippen LogP contribution in [0, 0.1) is 5.92 Å². The molecule has 0 aromatic heterocycles. The summed E-state index contributed by atoms with van der Waals surface area (Å²) in [7, 11) is 0. The molecule has 0 aliphatic carbocycles. The Balaban J connectivity index is 3.06. The molecule has 0 aliphatic rings. The normalized spacial score (nSPS) is 14.9. The molecule has 2 amide bonds. The summed E-state index contributed by atoms with van der Waals surface area (Å²) in [6.07, 6.45) is 0. The average Bonchev–Trinajstić information content (AvgIpc) is 2.43. The number of nitrogens with zero attached hydrogens (tertiary/aromatic N) is 1. The van der Waals surface area contributed by atoms with Crippen LogP contribution in [0.1, 0.15) is 33.3 Å². The van der Waals surface area contributed by atoms with Crippen LogP contribution in [0.4, 0.5) is 4.79 Å². The van der Waals surface area contributed by atoms with E-state index < -0.39 is 11.6 Å². The van der Waals surface area contributed by atoms with Gasteiger partial charge in [-0.1, -0.05) is 44.2 Å². The van der Waals surface area contributed by atoms with Crippen LogP contribution in [0.3, 0.4) is 0 Å². The van der Waals surface area contributed by atoms with E-state index in [9.17, 15) is 4.79 Å². The molecule has 0 saturated carbocycles. The zero-order valence-electron chi connectivity index (χ0n) is 12.5. The second-order valence-corrected chi connectivity index (χ2v) is 5.28. The highest BCUT2D eigenvalue weighted by atomic mass is 16.5. The van der Waals surface area contributed by atoms with E-state index in [1.165, 1.54) is 0 Å². The van der Waals surface area contributed by atoms with Gasteiger partial charge in [-0.25, -0.2) is 10.2 Å². The average molecular weight is 277 g/mol. The zero-order valence-corrected chi connectivity index (χ0v) is 12.5. The molecular formula is C15H23N3O2. The summed E-state index contributed by atoms with van der Waals surface area (Å²) in [5.41, 5.74) is 8.22. The van der Waals surface area contributed by atoms with Crippen molar-refractivity contribution in [1.82, 2.24) is 5.43 Å². The summed E-state index contributed by atoms with van der Waals surface area (Å²) < 4.78 is 6.05. The monoisotopic (exact) mass is 277 g/mol. The largest absolute Gasteiger partial charge is 0.364 e. The number of nitrogens with one attached hydrogen (secondary N) is 1. The highest BCUT2D eigenvalue weighted by molar-refractivity contribution is 5.92. The smallest absolute Gasteiger partial charge is 0.332 e. The van der Waals surface area contributed by atoms with E-state index in [1.807, 2.05) is 44.2 Å². The van der Waals surface area contributed by atoms with Crippen LogP contribution in [0.15, 0.2) is 35.4 Å². The molecule has 3 N–H and O–H groups in total. The number of hydrogen-bond donors (Lipinski definition) is 2. The number of ether oxygens (including phenoxy) is 1. The van der Waals surface area contributed by atoms with Crippen LogP contribution < -0.4 is 11.2 Å². The van der Waals surface area contributed by atoms with Gasteiger partial charge in [0.05, 0.1) is 12.3 Å². The third-order valence-electron chi connectivity index (χ3n) is 3.05. The molecule has 0 spiro atoms. The summed E-state index contributed by atoms with van der Waals surface area (Å²) in [6, 6.07) is 9.10. The Hall–Kier alpha value is -1.88. The number of urea groups is 1. The lowest BCUT2D eigenvalue weighted by atomic mass is 9.91. The first-order chi connectivity index (χ1) is 9.36. The molecule has 1 aromatic carbocycles. The Morgan fingerprint density at radius 1 is 1.40 bits per heavy atom. The first-order valence-corrected chi connectivity index (χ1v) is 6.66. The van der Waals surface area contributed by atoms with Gasteiger partial charge in [-0.3, -0.25) is 0 Å². The number of benzene rings is 1. The molecule has 20 heavy (non-hydrogen) atoms. The van der Waals surface area contributed by atoms with Crippen molar-refractivity contribution in [3.05, 3.63) is 35.9 Å². The standard InChI is InChI=1S/C15H23N3O2/c1-11(2)10-20-15(4,12(3)17-18-14(16)19)13-8-6-5-7-9-13/h5-9,11H,10H2,1-4H3,(H3,16,18,19). The Labute approximate surface area is 120 Å². The van der Waals surface area contributed by atoms with Crippen LogP contribution in [-0.4, -0.2) is 18.3 Å². The molecule has 1 atom stereocenters. The molecule has 0 saturated heterocycles. The van der Waals surface area contributed by atoms with Gasteiger partial charge in [-0.15, -0.1) is 0 Å². The molecule has 5 heteroatoms. The van der Waals surface area contributed by atoms with Crippen molar-refractivity contribution in [3.63, 3.8) is 0 Å². The fourth-order valence-corrected chi connectivity index (χ4v) is 1.73. The van der Waals surface area contributed by atoms with Gasteiger partial charge < -0.3 is 10.5 Å². The van der Waals surface area contributed by atoms with Gasteiger partial charge in [0.2, 0.25) is 0 Å². The minimum atomic E-state index is -0.700. The lowest BCUT2D eigenvalue weighted by Crippen LogP contribution is -2.37. The summed E-state index contributed by atoms with van der Waals surface area (Å²) in [5, 5.41) is 4.02. The molecule has 0 heterocycles. The molecule has 5 nitrogen and oxygen atoms in total. The highest BCUT2D eigenvalue weighted by Gasteiger charge is 2.31. The van der Waals surface area contributed by atoms with Crippen LogP contribution in [0.5, 0.6) is 0 Å². The highest BCUT2D eigenvalue weighted by Crippen LogP contribution is 2.27. The zero-order chi connectivity index (χ0) is 15.2. The van der Waals surface area contributed by atoms with Crippen molar-refractivity contribution in [1.29, 1.82) is 0 Å². The van der Waals surface area contributed by atoms with Crippen molar-refractivity contribution in [2.24, 2.45) is 16.8 Å². The number of hydrogen-bond acceptors (Lipinski definition) is 3. The van der Waals surface area contributed by atoms with Gasteiger partial charge >= 0.3 is 6.03 Å². The fourth-order valence-electron chi connectivity index (χ4n) is 1.73. The molecule has 0 aliphatic heterocycles. The van der Waals surface area contributed by atoms with Gasteiger partial charge in [0.1, 0.15) is 5.60 Å². The topological polar surface area (TPSA) is 76.7 Å². The lowest BCUT2D eigenvalue weighted by Gasteiger charge is -2.31. The second kappa shape index (κ2) is 7.05. The van der Waals surface area contributed by atoms with E-state index in [4.69, 9.17) is 10.5 Å². The van der Waals surface area contributed by atoms with Crippen molar-refractivity contribution < 1.29 is 9.53 Å². The first-order valence-electron chi connectivity index (χ1n) is 6.66. The molecule has 0 radical (unpaired) electrons. The van der Waals surface area contributed by atoms with E-state index in [0.29, 0.717) is 18.2 Å². The maximum Gasteiger partial charge on any atom is 0.332 e. The van der Waals surface area contributed by atoms with Crippen molar-refractivity contribution in [2.45, 2.75) is 33.3 Å². The molecular weight excluding hydrogens is 254 g/mol. The van der Waals surface area contributed by atoms with Gasteiger partial charge in [0.25, 0.3) is 0 Å². The van der Waals surface area contributed by atoms with Gasteiger partial charge in [0.15, 0.2) is 0 Å². The van der Waals surface area contributed by atoms with Crippen LogP contribution in [0.25, 0.3) is 0 Å². The van der Waals surface area contributed by atoms with Gasteiger partial charge in [-0.05, 0) is 25.3 Å². The lowest BCUT2D eigenvalue weighted by molar-refractivity contribution is 0.00164. The molecule has 0 fully saturated rings. The summed E-state index contributed by atoms with van der Waals surface area (Å²) >= 11 is 0. The Bertz CT molecular complexity index is 471. The molecule has 0 bridgehead atoms. The van der Waals surface area contributed by atoms with Crippen LogP contribution in [0.2, 0.25) is 0 Å². The maximum absolute atomic E-state index is 10.8. The number of carbonyl (C=O) groups excluding carboxylic acids is 1. The molecule has 110 valence electrons. The Morgan fingerprint density at radius 2 is 2.00 bits per heavy atom. The predicted octanol–water partition coefficient (Wildman–Crippen LogP) is 2.62. The number of nitrogens with two attached hydrogens (primary N) is 1. The number of rotatable bonds is 6. The van der Waals surface area contributed by atoms with E-state index in [0.717, 1.165) is 5.56 Å². The van der Waals surface area contributed by atoms with E-state index >= 15 is 0 Å². The van der Waals surface area contributed by atoms with E-state index in [1.54, 1.807) is 0 Å². The van der Waals surface area contributed by atoms with Crippen molar-refractivity contribution in [3.8, 4) is 0 Å². The first kappa shape index (κ1) is 16.2. The third-order valence-corrected chi connectivity index (χ3v) is 3.05. The predicted molar refractivity (Wildman–Crippen MR) is 80.4 cm³/mol. The van der Waals surface area contributed by atoms with Gasteiger partial charge in [0, 0.05) is 0 Å².